The summed E-state index contributed by atoms with van der Waals surface area (Å²) in [4.78, 5) is 0. The van der Waals surface area contributed by atoms with Crippen molar-refractivity contribution in [2.75, 3.05) is 11.9 Å². The number of fused-ring (bicyclic) bond motifs is 1. The summed E-state index contributed by atoms with van der Waals surface area (Å²) in [6, 6.07) is 6.35. The van der Waals surface area contributed by atoms with Crippen LogP contribution in [0, 0.1) is 0 Å². The third kappa shape index (κ3) is 2.16. The fourth-order valence-electron chi connectivity index (χ4n) is 2.61. The van der Waals surface area contributed by atoms with Crippen LogP contribution >= 0.6 is 0 Å². The quantitative estimate of drug-likeness (QED) is 0.817. The molecule has 2 rings (SSSR count). The van der Waals surface area contributed by atoms with Gasteiger partial charge in [-0.05, 0) is 56.9 Å². The molecule has 1 aromatic carbocycles. The lowest BCUT2D eigenvalue weighted by Gasteiger charge is -2.37. The van der Waals surface area contributed by atoms with Crippen molar-refractivity contribution in [3.8, 4) is 5.75 Å². The second kappa shape index (κ2) is 4.00. The molecule has 0 fully saturated rings. The first-order valence-corrected chi connectivity index (χ1v) is 6.07. The topological polar surface area (TPSA) is 21.3 Å². The third-order valence-electron chi connectivity index (χ3n) is 3.15. The minimum absolute atomic E-state index is 0.194. The maximum absolute atomic E-state index is 5.54. The van der Waals surface area contributed by atoms with Gasteiger partial charge in [-0.1, -0.05) is 6.92 Å². The van der Waals surface area contributed by atoms with E-state index in [1.165, 1.54) is 11.3 Å². The number of rotatable bonds is 2. The Morgan fingerprint density at radius 3 is 2.88 bits per heavy atom. The zero-order valence-corrected chi connectivity index (χ0v) is 10.6. The molecule has 0 aliphatic carbocycles. The molecule has 0 unspecified atom stereocenters. The molecule has 88 valence electrons. The molecule has 16 heavy (non-hydrogen) atoms. The van der Waals surface area contributed by atoms with Gasteiger partial charge in [-0.2, -0.15) is 0 Å². The number of nitrogens with one attached hydrogen (secondary N) is 1. The Labute approximate surface area is 98.0 Å². The van der Waals surface area contributed by atoms with E-state index < -0.39 is 0 Å². The van der Waals surface area contributed by atoms with Crippen LogP contribution in [0.3, 0.4) is 0 Å². The van der Waals surface area contributed by atoms with Crippen molar-refractivity contribution >= 4 is 5.69 Å². The lowest BCUT2D eigenvalue weighted by Crippen LogP contribution is -2.36. The molecule has 1 aliphatic rings. The first kappa shape index (κ1) is 11.3. The highest BCUT2D eigenvalue weighted by molar-refractivity contribution is 5.59. The average Bonchev–Trinajstić information content (AvgIpc) is 2.18. The Morgan fingerprint density at radius 1 is 1.44 bits per heavy atom. The highest BCUT2D eigenvalue weighted by Gasteiger charge is 2.29. The van der Waals surface area contributed by atoms with Crippen molar-refractivity contribution in [1.82, 2.24) is 0 Å². The molecule has 0 amide bonds. The molecule has 0 bridgehead atoms. The van der Waals surface area contributed by atoms with Gasteiger partial charge in [0.05, 0.1) is 6.61 Å². The second-order valence-electron chi connectivity index (χ2n) is 5.30. The molecule has 0 saturated heterocycles. The first-order chi connectivity index (χ1) is 7.52. The fraction of sp³-hybridized carbons (Fsp3) is 0.571. The molecule has 1 aromatic rings. The summed E-state index contributed by atoms with van der Waals surface area (Å²) >= 11 is 0. The molecule has 0 aromatic heterocycles. The summed E-state index contributed by atoms with van der Waals surface area (Å²) in [6.45, 7) is 9.54. The first-order valence-electron chi connectivity index (χ1n) is 6.07. The summed E-state index contributed by atoms with van der Waals surface area (Å²) < 4.78 is 5.54. The molecule has 1 atom stereocenters. The fourth-order valence-corrected chi connectivity index (χ4v) is 2.61. The highest BCUT2D eigenvalue weighted by atomic mass is 16.5. The SMILES string of the molecule is CCOc1ccc2c(c1)[C@H](C)CC(C)(C)N2. The minimum atomic E-state index is 0.194. The molecule has 0 saturated carbocycles. The Bertz CT molecular complexity index is 384. The Balaban J connectivity index is 2.33. The molecular weight excluding hydrogens is 198 g/mol. The lowest BCUT2D eigenvalue weighted by molar-refractivity contribution is 0.339. The summed E-state index contributed by atoms with van der Waals surface area (Å²) in [5.74, 6) is 1.57. The van der Waals surface area contributed by atoms with E-state index in [2.05, 4.69) is 38.2 Å². The van der Waals surface area contributed by atoms with Gasteiger partial charge in [-0.25, -0.2) is 0 Å². The zero-order chi connectivity index (χ0) is 11.8. The van der Waals surface area contributed by atoms with Crippen LogP contribution < -0.4 is 10.1 Å². The van der Waals surface area contributed by atoms with Crippen LogP contribution in [0.1, 0.15) is 45.6 Å². The largest absolute Gasteiger partial charge is 0.494 e. The van der Waals surface area contributed by atoms with E-state index in [1.807, 2.05) is 13.0 Å². The van der Waals surface area contributed by atoms with E-state index in [0.29, 0.717) is 5.92 Å². The van der Waals surface area contributed by atoms with Gasteiger partial charge in [0, 0.05) is 11.2 Å². The summed E-state index contributed by atoms with van der Waals surface area (Å²) in [5.41, 5.74) is 2.83. The van der Waals surface area contributed by atoms with Gasteiger partial charge in [0.2, 0.25) is 0 Å². The molecule has 1 heterocycles. The van der Waals surface area contributed by atoms with E-state index in [1.54, 1.807) is 0 Å². The van der Waals surface area contributed by atoms with Crippen molar-refractivity contribution in [3.63, 3.8) is 0 Å². The molecule has 2 heteroatoms. The van der Waals surface area contributed by atoms with E-state index in [0.717, 1.165) is 18.8 Å². The van der Waals surface area contributed by atoms with Crippen molar-refractivity contribution in [1.29, 1.82) is 0 Å². The van der Waals surface area contributed by atoms with Crippen molar-refractivity contribution < 1.29 is 4.74 Å². The average molecular weight is 219 g/mol. The Morgan fingerprint density at radius 2 is 2.19 bits per heavy atom. The van der Waals surface area contributed by atoms with Crippen LogP contribution in [0.2, 0.25) is 0 Å². The summed E-state index contributed by atoms with van der Waals surface area (Å²) in [6.07, 6.45) is 1.16. The van der Waals surface area contributed by atoms with Crippen LogP contribution in [0.4, 0.5) is 5.69 Å². The number of ether oxygens (including phenoxy) is 1. The minimum Gasteiger partial charge on any atom is -0.494 e. The summed E-state index contributed by atoms with van der Waals surface area (Å²) in [7, 11) is 0. The van der Waals surface area contributed by atoms with E-state index in [-0.39, 0.29) is 5.54 Å². The molecule has 0 spiro atoms. The van der Waals surface area contributed by atoms with Crippen LogP contribution in [0.5, 0.6) is 5.75 Å². The van der Waals surface area contributed by atoms with Crippen molar-refractivity contribution in [2.24, 2.45) is 0 Å². The van der Waals surface area contributed by atoms with Gasteiger partial charge in [-0.15, -0.1) is 0 Å². The van der Waals surface area contributed by atoms with Crippen molar-refractivity contribution in [2.45, 2.75) is 45.6 Å². The number of benzene rings is 1. The molecular formula is C14H21NO. The van der Waals surface area contributed by atoms with Crippen molar-refractivity contribution in [3.05, 3.63) is 23.8 Å². The Kier molecular flexibility index (Phi) is 2.83. The van der Waals surface area contributed by atoms with Crippen LogP contribution in [-0.2, 0) is 0 Å². The predicted octanol–water partition coefficient (Wildman–Crippen LogP) is 3.78. The smallest absolute Gasteiger partial charge is 0.119 e. The normalized spacial score (nSPS) is 22.1. The van der Waals surface area contributed by atoms with Gasteiger partial charge in [0.15, 0.2) is 0 Å². The molecule has 1 N–H and O–H groups in total. The molecule has 2 nitrogen and oxygen atoms in total. The predicted molar refractivity (Wildman–Crippen MR) is 68.3 cm³/mol. The van der Waals surface area contributed by atoms with Crippen LogP contribution in [-0.4, -0.2) is 12.1 Å². The van der Waals surface area contributed by atoms with E-state index >= 15 is 0 Å². The lowest BCUT2D eigenvalue weighted by atomic mass is 9.82. The van der Waals surface area contributed by atoms with E-state index in [9.17, 15) is 0 Å². The second-order valence-corrected chi connectivity index (χ2v) is 5.30. The van der Waals surface area contributed by atoms with Gasteiger partial charge >= 0.3 is 0 Å². The molecule has 1 aliphatic heterocycles. The number of hydrogen-bond acceptors (Lipinski definition) is 2. The van der Waals surface area contributed by atoms with E-state index in [4.69, 9.17) is 4.74 Å². The summed E-state index contributed by atoms with van der Waals surface area (Å²) in [5, 5.41) is 3.58. The highest BCUT2D eigenvalue weighted by Crippen LogP contribution is 2.39. The maximum atomic E-state index is 5.54. The van der Waals surface area contributed by atoms with Crippen LogP contribution in [0.15, 0.2) is 18.2 Å². The monoisotopic (exact) mass is 219 g/mol. The number of hydrogen-bond donors (Lipinski definition) is 1. The number of anilines is 1. The Hall–Kier alpha value is -1.18. The molecule has 0 radical (unpaired) electrons. The van der Waals surface area contributed by atoms with Gasteiger partial charge in [0.25, 0.3) is 0 Å². The maximum Gasteiger partial charge on any atom is 0.119 e. The van der Waals surface area contributed by atoms with Gasteiger partial charge in [0.1, 0.15) is 5.75 Å². The van der Waals surface area contributed by atoms with Crippen LogP contribution in [0.25, 0.3) is 0 Å². The van der Waals surface area contributed by atoms with Gasteiger partial charge in [-0.3, -0.25) is 0 Å². The van der Waals surface area contributed by atoms with Gasteiger partial charge < -0.3 is 10.1 Å². The third-order valence-corrected chi connectivity index (χ3v) is 3.15. The zero-order valence-electron chi connectivity index (χ0n) is 10.6. The standard InChI is InChI=1S/C14H21NO/c1-5-16-11-6-7-13-12(8-11)10(2)9-14(3,4)15-13/h6-8,10,15H,5,9H2,1-4H3/t10-/m1/s1.